The quantitative estimate of drug-likeness (QED) is 0.393. The first-order valence-electron chi connectivity index (χ1n) is 10.2. The van der Waals surface area contributed by atoms with Gasteiger partial charge in [0.25, 0.3) is 5.91 Å². The third kappa shape index (κ3) is 4.46. The lowest BCUT2D eigenvalue weighted by atomic mass is 10.00. The van der Waals surface area contributed by atoms with Gasteiger partial charge < -0.3 is 25.9 Å². The van der Waals surface area contributed by atoms with E-state index >= 15 is 0 Å². The summed E-state index contributed by atoms with van der Waals surface area (Å²) >= 11 is 0. The van der Waals surface area contributed by atoms with Crippen molar-refractivity contribution in [1.29, 1.82) is 5.41 Å². The SMILES string of the molecule is COc1c(C(=O)NCc2cccnc2)ccc(N)c1C(=N)/C=C/c1ccc2c(c1)CCO2. The number of aromatic nitrogens is 1. The zero-order valence-corrected chi connectivity index (χ0v) is 17.7. The number of anilines is 1. The van der Waals surface area contributed by atoms with Gasteiger partial charge in [-0.15, -0.1) is 0 Å². The number of fused-ring (bicyclic) bond motifs is 1. The maximum Gasteiger partial charge on any atom is 0.255 e. The number of pyridine rings is 1. The third-order valence-electron chi connectivity index (χ3n) is 5.24. The van der Waals surface area contributed by atoms with Crippen molar-refractivity contribution < 1.29 is 14.3 Å². The van der Waals surface area contributed by atoms with Crippen LogP contribution in [0.3, 0.4) is 0 Å². The van der Waals surface area contributed by atoms with E-state index in [-0.39, 0.29) is 17.4 Å². The molecule has 1 aliphatic rings. The average Bonchev–Trinajstić information content (AvgIpc) is 3.29. The lowest BCUT2D eigenvalue weighted by molar-refractivity contribution is 0.0948. The van der Waals surface area contributed by atoms with E-state index in [9.17, 15) is 4.79 Å². The van der Waals surface area contributed by atoms with Gasteiger partial charge in [0.1, 0.15) is 11.5 Å². The van der Waals surface area contributed by atoms with Gasteiger partial charge >= 0.3 is 0 Å². The van der Waals surface area contributed by atoms with Crippen LogP contribution < -0.4 is 20.5 Å². The Morgan fingerprint density at radius 3 is 2.97 bits per heavy atom. The van der Waals surface area contributed by atoms with Crippen LogP contribution in [0.15, 0.2) is 60.9 Å². The van der Waals surface area contributed by atoms with E-state index in [4.69, 9.17) is 20.6 Å². The van der Waals surface area contributed by atoms with Gasteiger partial charge in [-0.25, -0.2) is 0 Å². The molecule has 1 aromatic heterocycles. The van der Waals surface area contributed by atoms with Gasteiger partial charge in [0.05, 0.1) is 30.6 Å². The summed E-state index contributed by atoms with van der Waals surface area (Å²) in [6.07, 6.45) is 7.75. The number of methoxy groups -OCH3 is 1. The Kier molecular flexibility index (Phi) is 6.17. The molecule has 7 heteroatoms. The Morgan fingerprint density at radius 1 is 1.31 bits per heavy atom. The maximum atomic E-state index is 12.8. The molecule has 0 bridgehead atoms. The Balaban J connectivity index is 1.56. The van der Waals surface area contributed by atoms with Crippen molar-refractivity contribution in [2.75, 3.05) is 19.5 Å². The Labute approximate surface area is 186 Å². The summed E-state index contributed by atoms with van der Waals surface area (Å²) in [7, 11) is 1.47. The zero-order chi connectivity index (χ0) is 22.5. The monoisotopic (exact) mass is 428 g/mol. The van der Waals surface area contributed by atoms with Gasteiger partial charge in [0.2, 0.25) is 0 Å². The third-order valence-corrected chi connectivity index (χ3v) is 5.24. The standard InChI is InChI=1S/C25H24N4O3/c1-31-24-19(25(30)29-15-17-3-2-11-28-14-17)6-8-21(27)23(24)20(26)7-4-16-5-9-22-18(13-16)10-12-32-22/h2-9,11,13-14,26H,10,12,15,27H2,1H3,(H,29,30)/b7-4+,26-20?. The summed E-state index contributed by atoms with van der Waals surface area (Å²) in [5.41, 5.74) is 10.4. The molecule has 0 fully saturated rings. The van der Waals surface area contributed by atoms with Crippen molar-refractivity contribution in [2.45, 2.75) is 13.0 Å². The van der Waals surface area contributed by atoms with Gasteiger partial charge in [-0.2, -0.15) is 0 Å². The van der Waals surface area contributed by atoms with E-state index in [0.29, 0.717) is 30.0 Å². The number of carbonyl (C=O) groups is 1. The highest BCUT2D eigenvalue weighted by atomic mass is 16.5. The van der Waals surface area contributed by atoms with Crippen LogP contribution in [-0.2, 0) is 13.0 Å². The zero-order valence-electron chi connectivity index (χ0n) is 17.7. The molecule has 0 spiro atoms. The highest BCUT2D eigenvalue weighted by Crippen LogP contribution is 2.31. The first-order valence-corrected chi connectivity index (χ1v) is 10.2. The molecule has 1 aliphatic heterocycles. The summed E-state index contributed by atoms with van der Waals surface area (Å²) in [5, 5.41) is 11.4. The number of benzene rings is 2. The molecule has 0 atom stereocenters. The van der Waals surface area contributed by atoms with E-state index in [0.717, 1.165) is 28.9 Å². The number of carbonyl (C=O) groups excluding carboxylic acids is 1. The van der Waals surface area contributed by atoms with Crippen molar-refractivity contribution in [1.82, 2.24) is 10.3 Å². The van der Waals surface area contributed by atoms with Crippen LogP contribution >= 0.6 is 0 Å². The summed E-state index contributed by atoms with van der Waals surface area (Å²) in [4.78, 5) is 16.9. The minimum absolute atomic E-state index is 0.151. The molecular weight excluding hydrogens is 404 g/mol. The van der Waals surface area contributed by atoms with Crippen LogP contribution in [0.5, 0.6) is 11.5 Å². The van der Waals surface area contributed by atoms with Gasteiger partial charge in [-0.3, -0.25) is 9.78 Å². The molecule has 0 saturated heterocycles. The molecule has 4 N–H and O–H groups in total. The largest absolute Gasteiger partial charge is 0.495 e. The molecular formula is C25H24N4O3. The number of nitrogens with zero attached hydrogens (tertiary/aromatic N) is 1. The molecule has 2 aromatic carbocycles. The second-order valence-electron chi connectivity index (χ2n) is 7.37. The second kappa shape index (κ2) is 9.34. The fraction of sp³-hybridized carbons (Fsp3) is 0.160. The van der Waals surface area contributed by atoms with E-state index in [1.165, 1.54) is 7.11 Å². The highest BCUT2D eigenvalue weighted by Gasteiger charge is 2.20. The lowest BCUT2D eigenvalue weighted by Gasteiger charge is -2.15. The Bertz CT molecular complexity index is 1190. The van der Waals surface area contributed by atoms with Gasteiger partial charge in [0, 0.05) is 31.0 Å². The molecule has 0 aliphatic carbocycles. The van der Waals surface area contributed by atoms with E-state index in [1.54, 1.807) is 30.6 Å². The number of allylic oxidation sites excluding steroid dienone is 1. The van der Waals surface area contributed by atoms with Crippen LogP contribution in [0, 0.1) is 5.41 Å². The van der Waals surface area contributed by atoms with Gasteiger partial charge in [-0.1, -0.05) is 18.2 Å². The Hall–Kier alpha value is -4.13. The maximum absolute atomic E-state index is 12.8. The molecule has 32 heavy (non-hydrogen) atoms. The number of nitrogen functional groups attached to an aromatic ring is 1. The highest BCUT2D eigenvalue weighted by molar-refractivity contribution is 6.15. The van der Waals surface area contributed by atoms with Gasteiger partial charge in [-0.05, 0) is 53.1 Å². The number of nitrogens with one attached hydrogen (secondary N) is 2. The van der Waals surface area contributed by atoms with Crippen molar-refractivity contribution in [3.63, 3.8) is 0 Å². The number of nitrogens with two attached hydrogens (primary N) is 1. The molecule has 4 rings (SSSR count). The summed E-state index contributed by atoms with van der Waals surface area (Å²) in [5.74, 6) is 0.862. The topological polar surface area (TPSA) is 110 Å². The molecule has 0 radical (unpaired) electrons. The molecule has 3 aromatic rings. The number of amides is 1. The molecule has 0 saturated carbocycles. The normalized spacial score (nSPS) is 12.3. The number of ether oxygens (including phenoxy) is 2. The molecule has 0 unspecified atom stereocenters. The molecule has 7 nitrogen and oxygen atoms in total. The van der Waals surface area contributed by atoms with Crippen molar-refractivity contribution in [3.05, 3.63) is 88.8 Å². The van der Waals surface area contributed by atoms with Crippen LogP contribution in [0.4, 0.5) is 5.69 Å². The van der Waals surface area contributed by atoms with Crippen molar-refractivity contribution >= 4 is 23.4 Å². The summed E-state index contributed by atoms with van der Waals surface area (Å²) in [6, 6.07) is 12.8. The minimum Gasteiger partial charge on any atom is -0.495 e. The van der Waals surface area contributed by atoms with E-state index < -0.39 is 0 Å². The smallest absolute Gasteiger partial charge is 0.255 e. The molecule has 162 valence electrons. The lowest BCUT2D eigenvalue weighted by Crippen LogP contribution is -2.24. The van der Waals surface area contributed by atoms with Crippen LogP contribution in [0.1, 0.15) is 32.6 Å². The Morgan fingerprint density at radius 2 is 2.19 bits per heavy atom. The van der Waals surface area contributed by atoms with Crippen LogP contribution in [-0.4, -0.2) is 30.3 Å². The number of rotatable bonds is 7. The first kappa shape index (κ1) is 21.1. The summed E-state index contributed by atoms with van der Waals surface area (Å²) in [6.45, 7) is 1.02. The molecule has 1 amide bonds. The predicted molar refractivity (Wildman–Crippen MR) is 124 cm³/mol. The predicted octanol–water partition coefficient (Wildman–Crippen LogP) is 3.62. The number of hydrogen-bond acceptors (Lipinski definition) is 6. The summed E-state index contributed by atoms with van der Waals surface area (Å²) < 4.78 is 11.1. The molecule has 2 heterocycles. The second-order valence-corrected chi connectivity index (χ2v) is 7.37. The van der Waals surface area contributed by atoms with Gasteiger partial charge in [0.15, 0.2) is 0 Å². The van der Waals surface area contributed by atoms with E-state index in [1.807, 2.05) is 30.3 Å². The first-order chi connectivity index (χ1) is 15.6. The fourth-order valence-electron chi connectivity index (χ4n) is 3.62. The van der Waals surface area contributed by atoms with Crippen molar-refractivity contribution in [3.8, 4) is 11.5 Å². The van der Waals surface area contributed by atoms with Crippen molar-refractivity contribution in [2.24, 2.45) is 0 Å². The fourth-order valence-corrected chi connectivity index (χ4v) is 3.62. The van der Waals surface area contributed by atoms with E-state index in [2.05, 4.69) is 16.4 Å². The van der Waals surface area contributed by atoms with Crippen LogP contribution in [0.2, 0.25) is 0 Å². The van der Waals surface area contributed by atoms with Crippen LogP contribution in [0.25, 0.3) is 6.08 Å². The number of hydrogen-bond donors (Lipinski definition) is 3. The minimum atomic E-state index is -0.317. The average molecular weight is 428 g/mol.